The van der Waals surface area contributed by atoms with Gasteiger partial charge in [0.25, 0.3) is 5.56 Å². The van der Waals surface area contributed by atoms with Gasteiger partial charge in [0.05, 0.1) is 17.1 Å². The first kappa shape index (κ1) is 21.0. The van der Waals surface area contributed by atoms with Gasteiger partial charge in [0.1, 0.15) is 0 Å². The highest BCUT2D eigenvalue weighted by molar-refractivity contribution is 5.93. The molecule has 5 rings (SSSR count). The SMILES string of the molecule is Cc1cc(C(C)Nc2c(C(=O)O)nn3c2CCC3)c2cc(-c3ccccc3)n(C)c(=O)c2c1. The van der Waals surface area contributed by atoms with Gasteiger partial charge in [-0.05, 0) is 60.9 Å². The number of hydrogen-bond acceptors (Lipinski definition) is 4. The van der Waals surface area contributed by atoms with Gasteiger partial charge in [-0.25, -0.2) is 4.79 Å². The molecule has 7 heteroatoms. The number of aromatic nitrogens is 3. The van der Waals surface area contributed by atoms with Crippen molar-refractivity contribution in [3.63, 3.8) is 0 Å². The highest BCUT2D eigenvalue weighted by Gasteiger charge is 2.27. The molecule has 1 atom stereocenters. The smallest absolute Gasteiger partial charge is 0.358 e. The van der Waals surface area contributed by atoms with Crippen molar-refractivity contribution in [3.8, 4) is 11.3 Å². The minimum Gasteiger partial charge on any atom is -0.476 e. The van der Waals surface area contributed by atoms with Crippen LogP contribution in [0.3, 0.4) is 0 Å². The van der Waals surface area contributed by atoms with Crippen molar-refractivity contribution < 1.29 is 9.90 Å². The first-order chi connectivity index (χ1) is 15.8. The first-order valence-corrected chi connectivity index (χ1v) is 11.1. The van der Waals surface area contributed by atoms with Crippen molar-refractivity contribution in [3.05, 3.63) is 81.4 Å². The fraction of sp³-hybridized carbons (Fsp3) is 0.269. The summed E-state index contributed by atoms with van der Waals surface area (Å²) in [6.45, 7) is 4.70. The van der Waals surface area contributed by atoms with Crippen molar-refractivity contribution in [2.45, 2.75) is 39.3 Å². The second-order valence-electron chi connectivity index (χ2n) is 8.74. The van der Waals surface area contributed by atoms with E-state index in [0.717, 1.165) is 52.9 Å². The van der Waals surface area contributed by atoms with Crippen LogP contribution in [0, 0.1) is 6.92 Å². The fourth-order valence-electron chi connectivity index (χ4n) is 4.86. The number of nitrogens with one attached hydrogen (secondary N) is 1. The van der Waals surface area contributed by atoms with Crippen molar-refractivity contribution in [1.82, 2.24) is 14.3 Å². The van der Waals surface area contributed by atoms with Crippen molar-refractivity contribution in [2.24, 2.45) is 7.05 Å². The lowest BCUT2D eigenvalue weighted by Gasteiger charge is -2.20. The van der Waals surface area contributed by atoms with E-state index < -0.39 is 5.97 Å². The van der Waals surface area contributed by atoms with E-state index in [0.29, 0.717) is 11.1 Å². The van der Waals surface area contributed by atoms with Gasteiger partial charge >= 0.3 is 5.97 Å². The van der Waals surface area contributed by atoms with Crippen LogP contribution in [0.15, 0.2) is 53.3 Å². The van der Waals surface area contributed by atoms with Crippen LogP contribution in [0.4, 0.5) is 5.69 Å². The maximum Gasteiger partial charge on any atom is 0.358 e. The zero-order chi connectivity index (χ0) is 23.3. The Bertz CT molecular complexity index is 1450. The van der Waals surface area contributed by atoms with E-state index in [2.05, 4.69) is 22.5 Å². The van der Waals surface area contributed by atoms with Gasteiger partial charge in [-0.3, -0.25) is 9.48 Å². The molecule has 0 saturated heterocycles. The molecule has 1 unspecified atom stereocenters. The molecule has 2 aromatic heterocycles. The van der Waals surface area contributed by atoms with Gasteiger partial charge in [0.15, 0.2) is 5.69 Å². The standard InChI is InChI=1S/C26H26N4O3/c1-15-12-18(16(2)27-23-21-10-7-11-30(21)28-24(23)26(32)33)19-14-22(17-8-5-4-6-9-17)29(3)25(31)20(19)13-15/h4-6,8-9,12-14,16,27H,7,10-11H2,1-3H3,(H,32,33). The molecule has 2 N–H and O–H groups in total. The minimum absolute atomic E-state index is 0.0504. The Kier molecular flexibility index (Phi) is 5.04. The van der Waals surface area contributed by atoms with E-state index in [9.17, 15) is 14.7 Å². The highest BCUT2D eigenvalue weighted by atomic mass is 16.4. The summed E-state index contributed by atoms with van der Waals surface area (Å²) in [5.74, 6) is -1.04. The summed E-state index contributed by atoms with van der Waals surface area (Å²) in [7, 11) is 1.79. The van der Waals surface area contributed by atoms with Crippen LogP contribution in [-0.2, 0) is 20.0 Å². The lowest BCUT2D eigenvalue weighted by atomic mass is 9.96. The number of aryl methyl sites for hydroxylation is 2. The molecule has 0 spiro atoms. The molecule has 168 valence electrons. The monoisotopic (exact) mass is 442 g/mol. The van der Waals surface area contributed by atoms with Crippen LogP contribution < -0.4 is 10.9 Å². The van der Waals surface area contributed by atoms with Gasteiger partial charge < -0.3 is 15.0 Å². The molecule has 0 saturated carbocycles. The number of fused-ring (bicyclic) bond motifs is 2. The minimum atomic E-state index is -1.04. The molecule has 33 heavy (non-hydrogen) atoms. The van der Waals surface area contributed by atoms with Crippen LogP contribution in [0.25, 0.3) is 22.0 Å². The van der Waals surface area contributed by atoms with Gasteiger partial charge in [0.2, 0.25) is 0 Å². The highest BCUT2D eigenvalue weighted by Crippen LogP contribution is 2.34. The van der Waals surface area contributed by atoms with E-state index in [-0.39, 0.29) is 17.3 Å². The second kappa shape index (κ2) is 7.92. The summed E-state index contributed by atoms with van der Waals surface area (Å²) in [6.07, 6.45) is 1.75. The Morgan fingerprint density at radius 1 is 1.15 bits per heavy atom. The summed E-state index contributed by atoms with van der Waals surface area (Å²) < 4.78 is 3.47. The molecule has 0 aliphatic carbocycles. The molecular formula is C26H26N4O3. The first-order valence-electron chi connectivity index (χ1n) is 11.1. The third kappa shape index (κ3) is 3.50. The Balaban J connectivity index is 1.67. The van der Waals surface area contributed by atoms with Gasteiger partial charge in [0, 0.05) is 25.0 Å². The van der Waals surface area contributed by atoms with Gasteiger partial charge in [-0.15, -0.1) is 0 Å². The molecule has 0 fully saturated rings. The van der Waals surface area contributed by atoms with Crippen LogP contribution >= 0.6 is 0 Å². The van der Waals surface area contributed by atoms with Crippen molar-refractivity contribution in [1.29, 1.82) is 0 Å². The number of rotatable bonds is 5. The number of carboxylic acids is 1. The van der Waals surface area contributed by atoms with E-state index in [1.165, 1.54) is 0 Å². The average molecular weight is 443 g/mol. The lowest BCUT2D eigenvalue weighted by Crippen LogP contribution is -2.20. The number of benzene rings is 2. The molecule has 3 heterocycles. The van der Waals surface area contributed by atoms with E-state index in [1.807, 2.05) is 50.2 Å². The number of aromatic carboxylic acids is 1. The fourth-order valence-corrected chi connectivity index (χ4v) is 4.86. The maximum absolute atomic E-state index is 13.3. The number of carboxylic acid groups (broad SMARTS) is 1. The Morgan fingerprint density at radius 3 is 2.64 bits per heavy atom. The summed E-state index contributed by atoms with van der Waals surface area (Å²) in [5, 5.41) is 18.9. The van der Waals surface area contributed by atoms with Gasteiger partial charge in [-0.2, -0.15) is 5.10 Å². The molecule has 7 nitrogen and oxygen atoms in total. The molecule has 4 aromatic rings. The van der Waals surface area contributed by atoms with E-state index in [4.69, 9.17) is 0 Å². The van der Waals surface area contributed by atoms with Crippen molar-refractivity contribution >= 4 is 22.4 Å². The number of carbonyl (C=O) groups is 1. The van der Waals surface area contributed by atoms with Crippen LogP contribution in [-0.4, -0.2) is 25.4 Å². The summed E-state index contributed by atoms with van der Waals surface area (Å²) >= 11 is 0. The zero-order valence-electron chi connectivity index (χ0n) is 18.9. The topological polar surface area (TPSA) is 89.2 Å². The van der Waals surface area contributed by atoms with Crippen LogP contribution in [0.2, 0.25) is 0 Å². The maximum atomic E-state index is 13.3. The summed E-state index contributed by atoms with van der Waals surface area (Å²) in [5.41, 5.74) is 5.24. The molecule has 2 aromatic carbocycles. The van der Waals surface area contributed by atoms with Crippen molar-refractivity contribution in [2.75, 3.05) is 5.32 Å². The normalized spacial score (nSPS) is 13.8. The Labute approximate surface area is 191 Å². The Hall–Kier alpha value is -3.87. The van der Waals surface area contributed by atoms with Crippen LogP contribution in [0.5, 0.6) is 0 Å². The number of pyridine rings is 1. The molecule has 0 radical (unpaired) electrons. The quantitative estimate of drug-likeness (QED) is 0.474. The predicted molar refractivity (Wildman–Crippen MR) is 129 cm³/mol. The largest absolute Gasteiger partial charge is 0.476 e. The van der Waals surface area contributed by atoms with E-state index in [1.54, 1.807) is 16.3 Å². The summed E-state index contributed by atoms with van der Waals surface area (Å²) in [6, 6.07) is 15.7. The number of anilines is 1. The Morgan fingerprint density at radius 2 is 1.91 bits per heavy atom. The van der Waals surface area contributed by atoms with Gasteiger partial charge in [-0.1, -0.05) is 36.4 Å². The third-order valence-electron chi connectivity index (χ3n) is 6.47. The average Bonchev–Trinajstić information content (AvgIpc) is 3.39. The third-order valence-corrected chi connectivity index (χ3v) is 6.47. The molecule has 1 aliphatic rings. The van der Waals surface area contributed by atoms with E-state index >= 15 is 0 Å². The number of hydrogen-bond donors (Lipinski definition) is 2. The summed E-state index contributed by atoms with van der Waals surface area (Å²) in [4.78, 5) is 25.2. The second-order valence-corrected chi connectivity index (χ2v) is 8.74. The lowest BCUT2D eigenvalue weighted by molar-refractivity contribution is 0.0690. The zero-order valence-corrected chi connectivity index (χ0v) is 18.9. The van der Waals surface area contributed by atoms with Crippen LogP contribution in [0.1, 0.15) is 46.7 Å². The predicted octanol–water partition coefficient (Wildman–Crippen LogP) is 4.53. The molecule has 0 amide bonds. The molecular weight excluding hydrogens is 416 g/mol. The molecule has 0 bridgehead atoms. The molecule has 1 aliphatic heterocycles. The number of nitrogens with zero attached hydrogens (tertiary/aromatic N) is 3.